The Morgan fingerprint density at radius 2 is 2.21 bits per heavy atom. The van der Waals surface area contributed by atoms with Crippen LogP contribution in [0, 0.1) is 5.92 Å². The van der Waals surface area contributed by atoms with E-state index in [0.717, 1.165) is 13.0 Å². The highest BCUT2D eigenvalue weighted by Crippen LogP contribution is 2.18. The lowest BCUT2D eigenvalue weighted by molar-refractivity contribution is -0.138. The zero-order chi connectivity index (χ0) is 10.6. The van der Waals surface area contributed by atoms with E-state index in [-0.39, 0.29) is 19.2 Å². The van der Waals surface area contributed by atoms with Crippen LogP contribution >= 0.6 is 0 Å². The second-order valence-corrected chi connectivity index (χ2v) is 3.96. The number of nitrogens with zero attached hydrogens (tertiary/aromatic N) is 1. The summed E-state index contributed by atoms with van der Waals surface area (Å²) in [6.45, 7) is 1.59. The molecule has 2 unspecified atom stereocenters. The fourth-order valence-electron chi connectivity index (χ4n) is 2.06. The quantitative estimate of drug-likeness (QED) is 0.550. The molecule has 1 aliphatic heterocycles. The second-order valence-electron chi connectivity index (χ2n) is 3.96. The standard InChI is InChI=1S/C9H18N2O3/c10-8-3-7(1-2-12)4-11(5-8)6-9(13)14/h7-8,12H,1-6,10H2,(H,13,14). The van der Waals surface area contributed by atoms with Crippen LogP contribution in [-0.4, -0.2) is 53.4 Å². The molecule has 4 N–H and O–H groups in total. The molecular formula is C9H18N2O3. The smallest absolute Gasteiger partial charge is 0.317 e. The molecule has 1 heterocycles. The maximum Gasteiger partial charge on any atom is 0.317 e. The molecule has 0 amide bonds. The van der Waals surface area contributed by atoms with Crippen LogP contribution in [0.2, 0.25) is 0 Å². The van der Waals surface area contributed by atoms with Gasteiger partial charge in [-0.2, -0.15) is 0 Å². The third-order valence-electron chi connectivity index (χ3n) is 2.54. The molecular weight excluding hydrogens is 184 g/mol. The number of hydrogen-bond donors (Lipinski definition) is 3. The summed E-state index contributed by atoms with van der Waals surface area (Å²) in [5.41, 5.74) is 5.81. The maximum absolute atomic E-state index is 10.5. The summed E-state index contributed by atoms with van der Waals surface area (Å²) in [4.78, 5) is 12.4. The summed E-state index contributed by atoms with van der Waals surface area (Å²) in [5, 5.41) is 17.4. The molecule has 0 aliphatic carbocycles. The largest absolute Gasteiger partial charge is 0.480 e. The van der Waals surface area contributed by atoms with Crippen LogP contribution in [0.1, 0.15) is 12.8 Å². The van der Waals surface area contributed by atoms with Crippen molar-refractivity contribution in [1.82, 2.24) is 4.90 Å². The summed E-state index contributed by atoms with van der Waals surface area (Å²) >= 11 is 0. The van der Waals surface area contributed by atoms with Gasteiger partial charge in [-0.25, -0.2) is 0 Å². The van der Waals surface area contributed by atoms with E-state index in [1.54, 1.807) is 0 Å². The third-order valence-corrected chi connectivity index (χ3v) is 2.54. The first kappa shape index (κ1) is 11.4. The van der Waals surface area contributed by atoms with Gasteiger partial charge in [0.25, 0.3) is 0 Å². The number of hydrogen-bond acceptors (Lipinski definition) is 4. The van der Waals surface area contributed by atoms with Crippen molar-refractivity contribution in [2.75, 3.05) is 26.2 Å². The number of aliphatic hydroxyl groups is 1. The predicted octanol–water partition coefficient (Wildman–Crippen LogP) is -0.897. The van der Waals surface area contributed by atoms with Gasteiger partial charge in [-0.05, 0) is 18.8 Å². The van der Waals surface area contributed by atoms with Crippen molar-refractivity contribution >= 4 is 5.97 Å². The van der Waals surface area contributed by atoms with Crippen molar-refractivity contribution in [3.8, 4) is 0 Å². The molecule has 5 nitrogen and oxygen atoms in total. The van der Waals surface area contributed by atoms with Gasteiger partial charge in [0.05, 0.1) is 6.54 Å². The normalized spacial score (nSPS) is 29.0. The number of carboxylic acid groups (broad SMARTS) is 1. The summed E-state index contributed by atoms with van der Waals surface area (Å²) in [6.07, 6.45) is 1.60. The predicted molar refractivity (Wildman–Crippen MR) is 51.9 cm³/mol. The second kappa shape index (κ2) is 5.29. The van der Waals surface area contributed by atoms with Gasteiger partial charge in [-0.15, -0.1) is 0 Å². The molecule has 0 spiro atoms. The molecule has 5 heteroatoms. The number of aliphatic hydroxyl groups excluding tert-OH is 1. The minimum atomic E-state index is -0.818. The number of carbonyl (C=O) groups is 1. The van der Waals surface area contributed by atoms with Gasteiger partial charge in [-0.1, -0.05) is 0 Å². The van der Waals surface area contributed by atoms with Crippen LogP contribution in [0.5, 0.6) is 0 Å². The van der Waals surface area contributed by atoms with Gasteiger partial charge in [0, 0.05) is 25.7 Å². The van der Waals surface area contributed by atoms with Gasteiger partial charge >= 0.3 is 5.97 Å². The Bertz CT molecular complexity index is 198. The minimum absolute atomic E-state index is 0.0413. The van der Waals surface area contributed by atoms with E-state index < -0.39 is 5.97 Å². The highest BCUT2D eigenvalue weighted by molar-refractivity contribution is 5.69. The first-order valence-electron chi connectivity index (χ1n) is 4.92. The Balaban J connectivity index is 2.41. The van der Waals surface area contributed by atoms with E-state index in [2.05, 4.69) is 0 Å². The number of rotatable bonds is 4. The Morgan fingerprint density at radius 3 is 2.79 bits per heavy atom. The fourth-order valence-corrected chi connectivity index (χ4v) is 2.06. The van der Waals surface area contributed by atoms with Crippen LogP contribution < -0.4 is 5.73 Å². The molecule has 1 rings (SSSR count). The van der Waals surface area contributed by atoms with Gasteiger partial charge in [0.2, 0.25) is 0 Å². The summed E-state index contributed by atoms with van der Waals surface area (Å²) in [5.74, 6) is -0.482. The SMILES string of the molecule is NC1CC(CCO)CN(CC(=O)O)C1. The molecule has 0 aromatic heterocycles. The topological polar surface area (TPSA) is 86.8 Å². The lowest BCUT2D eigenvalue weighted by Gasteiger charge is -2.35. The molecule has 1 aliphatic rings. The highest BCUT2D eigenvalue weighted by atomic mass is 16.4. The van der Waals surface area contributed by atoms with E-state index in [9.17, 15) is 4.79 Å². The Morgan fingerprint density at radius 1 is 1.50 bits per heavy atom. The van der Waals surface area contributed by atoms with E-state index in [0.29, 0.717) is 18.9 Å². The number of carboxylic acids is 1. The van der Waals surface area contributed by atoms with Crippen molar-refractivity contribution in [1.29, 1.82) is 0 Å². The van der Waals surface area contributed by atoms with Crippen LogP contribution in [0.3, 0.4) is 0 Å². The van der Waals surface area contributed by atoms with E-state index >= 15 is 0 Å². The summed E-state index contributed by atoms with van der Waals surface area (Å²) in [7, 11) is 0. The lowest BCUT2D eigenvalue weighted by Crippen LogP contribution is -2.48. The molecule has 1 fully saturated rings. The van der Waals surface area contributed by atoms with Gasteiger partial charge in [0.15, 0.2) is 0 Å². The Kier molecular flexibility index (Phi) is 4.31. The maximum atomic E-state index is 10.5. The molecule has 0 radical (unpaired) electrons. The van der Waals surface area contributed by atoms with Crippen LogP contribution in [0.15, 0.2) is 0 Å². The molecule has 0 aromatic rings. The van der Waals surface area contributed by atoms with Crippen LogP contribution in [-0.2, 0) is 4.79 Å². The monoisotopic (exact) mass is 202 g/mol. The first-order chi connectivity index (χ1) is 6.61. The molecule has 2 atom stereocenters. The number of likely N-dealkylation sites (tertiary alicyclic amines) is 1. The molecule has 0 bridgehead atoms. The van der Waals surface area contributed by atoms with Crippen molar-refractivity contribution in [2.45, 2.75) is 18.9 Å². The van der Waals surface area contributed by atoms with Gasteiger partial charge in [0.1, 0.15) is 0 Å². The number of nitrogens with two attached hydrogens (primary N) is 1. The van der Waals surface area contributed by atoms with Crippen molar-refractivity contribution < 1.29 is 15.0 Å². The van der Waals surface area contributed by atoms with Crippen molar-refractivity contribution in [2.24, 2.45) is 11.7 Å². The van der Waals surface area contributed by atoms with Crippen LogP contribution in [0.25, 0.3) is 0 Å². The van der Waals surface area contributed by atoms with Crippen molar-refractivity contribution in [3.05, 3.63) is 0 Å². The molecule has 1 saturated heterocycles. The zero-order valence-corrected chi connectivity index (χ0v) is 8.22. The molecule has 82 valence electrons. The van der Waals surface area contributed by atoms with Gasteiger partial charge < -0.3 is 15.9 Å². The summed E-state index contributed by atoms with van der Waals surface area (Å²) in [6, 6.07) is 0.0413. The lowest BCUT2D eigenvalue weighted by atomic mass is 9.92. The number of piperidine rings is 1. The molecule has 14 heavy (non-hydrogen) atoms. The van der Waals surface area contributed by atoms with Gasteiger partial charge in [-0.3, -0.25) is 9.69 Å². The minimum Gasteiger partial charge on any atom is -0.480 e. The number of aliphatic carboxylic acids is 1. The highest BCUT2D eigenvalue weighted by Gasteiger charge is 2.25. The van der Waals surface area contributed by atoms with E-state index in [4.69, 9.17) is 15.9 Å². The summed E-state index contributed by atoms with van der Waals surface area (Å²) < 4.78 is 0. The van der Waals surface area contributed by atoms with E-state index in [1.807, 2.05) is 4.90 Å². The molecule has 0 saturated carbocycles. The average Bonchev–Trinajstić information content (AvgIpc) is 2.01. The van der Waals surface area contributed by atoms with Crippen LogP contribution in [0.4, 0.5) is 0 Å². The fraction of sp³-hybridized carbons (Fsp3) is 0.889. The first-order valence-corrected chi connectivity index (χ1v) is 4.92. The molecule has 0 aromatic carbocycles. The van der Waals surface area contributed by atoms with E-state index in [1.165, 1.54) is 0 Å². The average molecular weight is 202 g/mol. The van der Waals surface area contributed by atoms with Crippen molar-refractivity contribution in [3.63, 3.8) is 0 Å². The Hall–Kier alpha value is -0.650. The zero-order valence-electron chi connectivity index (χ0n) is 8.22. The third kappa shape index (κ3) is 3.61. The Labute approximate surface area is 83.5 Å².